The Balaban J connectivity index is 2.11. The Labute approximate surface area is 154 Å². The monoisotopic (exact) mass is 399 g/mol. The number of nitrogens with one attached hydrogen (secondary N) is 1. The summed E-state index contributed by atoms with van der Waals surface area (Å²) in [6.07, 6.45) is -4.24. The molecule has 0 fully saturated rings. The summed E-state index contributed by atoms with van der Waals surface area (Å²) < 4.78 is 61.8. The molecule has 2 aromatic carbocycles. The Kier molecular flexibility index (Phi) is 6.04. The predicted octanol–water partition coefficient (Wildman–Crippen LogP) is 2.94. The maximum absolute atomic E-state index is 12.6. The number of sulfone groups is 1. The number of hydrogen-bond donors (Lipinski definition) is 1. The predicted molar refractivity (Wildman–Crippen MR) is 91.1 cm³/mol. The van der Waals surface area contributed by atoms with Crippen LogP contribution in [0.3, 0.4) is 0 Å². The van der Waals surface area contributed by atoms with Crippen LogP contribution in [0.1, 0.15) is 22.8 Å². The van der Waals surface area contributed by atoms with Gasteiger partial charge in [-0.05, 0) is 43.2 Å². The van der Waals surface area contributed by atoms with Crippen LogP contribution in [0.4, 0.5) is 13.2 Å². The third kappa shape index (κ3) is 5.16. The van der Waals surface area contributed by atoms with E-state index in [1.54, 1.807) is 0 Å². The largest absolute Gasteiger partial charge is 0.471 e. The molecule has 9 heteroatoms. The Bertz CT molecular complexity index is 921. The van der Waals surface area contributed by atoms with E-state index in [0.29, 0.717) is 17.4 Å². The van der Waals surface area contributed by atoms with Crippen molar-refractivity contribution in [3.05, 3.63) is 59.7 Å². The quantitative estimate of drug-likeness (QED) is 0.758. The average Bonchev–Trinajstić information content (AvgIpc) is 2.61. The zero-order valence-electron chi connectivity index (χ0n) is 14.2. The minimum atomic E-state index is -4.95. The number of halogens is 3. The van der Waals surface area contributed by atoms with E-state index < -0.39 is 28.0 Å². The maximum Gasteiger partial charge on any atom is 0.471 e. The highest BCUT2D eigenvalue weighted by atomic mass is 32.2. The SMILES string of the molecule is CC(Cc1ccc(S(=O)(=O)c2ccc(C=O)cc2)cc1)NC(=O)C(F)(F)F. The first kappa shape index (κ1) is 20.6. The molecule has 1 unspecified atom stereocenters. The van der Waals surface area contributed by atoms with Gasteiger partial charge in [-0.15, -0.1) is 0 Å². The molecule has 0 saturated heterocycles. The lowest BCUT2D eigenvalue weighted by Crippen LogP contribution is -2.42. The Morgan fingerprint density at radius 2 is 1.52 bits per heavy atom. The summed E-state index contributed by atoms with van der Waals surface area (Å²) in [5, 5.41) is 1.84. The van der Waals surface area contributed by atoms with Crippen LogP contribution in [-0.2, 0) is 21.1 Å². The smallest absolute Gasteiger partial charge is 0.345 e. The van der Waals surface area contributed by atoms with Gasteiger partial charge in [0.25, 0.3) is 0 Å². The molecule has 2 aromatic rings. The van der Waals surface area contributed by atoms with Crippen molar-refractivity contribution in [2.45, 2.75) is 35.4 Å². The van der Waals surface area contributed by atoms with E-state index in [4.69, 9.17) is 0 Å². The van der Waals surface area contributed by atoms with Gasteiger partial charge in [0, 0.05) is 11.6 Å². The van der Waals surface area contributed by atoms with E-state index in [2.05, 4.69) is 0 Å². The number of alkyl halides is 3. The van der Waals surface area contributed by atoms with Crippen molar-refractivity contribution in [3.8, 4) is 0 Å². The van der Waals surface area contributed by atoms with Crippen LogP contribution in [0.15, 0.2) is 58.3 Å². The molecule has 0 spiro atoms. The summed E-state index contributed by atoms with van der Waals surface area (Å²) in [7, 11) is -3.78. The number of hydrogen-bond acceptors (Lipinski definition) is 4. The molecule has 0 bridgehead atoms. The molecule has 5 nitrogen and oxygen atoms in total. The number of amides is 1. The second-order valence-electron chi connectivity index (χ2n) is 5.91. The molecular formula is C18H16F3NO4S. The summed E-state index contributed by atoms with van der Waals surface area (Å²) in [5.74, 6) is -2.02. The molecule has 2 rings (SSSR count). The molecule has 1 amide bonds. The molecule has 144 valence electrons. The van der Waals surface area contributed by atoms with Gasteiger partial charge in [-0.2, -0.15) is 13.2 Å². The molecule has 0 heterocycles. The lowest BCUT2D eigenvalue weighted by atomic mass is 10.1. The molecule has 0 aliphatic heterocycles. The fourth-order valence-corrected chi connectivity index (χ4v) is 3.64. The van der Waals surface area contributed by atoms with Gasteiger partial charge in [0.1, 0.15) is 6.29 Å². The van der Waals surface area contributed by atoms with E-state index in [9.17, 15) is 31.2 Å². The van der Waals surface area contributed by atoms with Gasteiger partial charge in [0.05, 0.1) is 9.79 Å². The molecule has 0 aromatic heterocycles. The summed E-state index contributed by atoms with van der Waals surface area (Å²) in [6, 6.07) is 10.3. The fraction of sp³-hybridized carbons (Fsp3) is 0.222. The molecule has 0 radical (unpaired) electrons. The van der Waals surface area contributed by atoms with Crippen molar-refractivity contribution in [1.29, 1.82) is 0 Å². The lowest BCUT2D eigenvalue weighted by molar-refractivity contribution is -0.174. The van der Waals surface area contributed by atoms with Crippen LogP contribution in [0, 0.1) is 0 Å². The third-order valence-corrected chi connectivity index (χ3v) is 5.52. The molecule has 27 heavy (non-hydrogen) atoms. The van der Waals surface area contributed by atoms with Crippen LogP contribution >= 0.6 is 0 Å². The minimum absolute atomic E-state index is 0.0112. The summed E-state index contributed by atoms with van der Waals surface area (Å²) in [4.78, 5) is 21.6. The number of carbonyl (C=O) groups is 2. The van der Waals surface area contributed by atoms with Gasteiger partial charge in [0.2, 0.25) is 9.84 Å². The zero-order valence-corrected chi connectivity index (χ0v) is 15.0. The van der Waals surface area contributed by atoms with Crippen molar-refractivity contribution < 1.29 is 31.2 Å². The van der Waals surface area contributed by atoms with Crippen LogP contribution in [0.2, 0.25) is 0 Å². The van der Waals surface area contributed by atoms with Gasteiger partial charge in [0.15, 0.2) is 0 Å². The second-order valence-corrected chi connectivity index (χ2v) is 7.86. The summed E-state index contributed by atoms with van der Waals surface area (Å²) in [5.41, 5.74) is 0.916. The first-order chi connectivity index (χ1) is 12.5. The zero-order chi connectivity index (χ0) is 20.2. The van der Waals surface area contributed by atoms with Crippen molar-refractivity contribution in [2.75, 3.05) is 0 Å². The average molecular weight is 399 g/mol. The van der Waals surface area contributed by atoms with Crippen molar-refractivity contribution in [3.63, 3.8) is 0 Å². The highest BCUT2D eigenvalue weighted by Gasteiger charge is 2.39. The highest BCUT2D eigenvalue weighted by Crippen LogP contribution is 2.22. The first-order valence-corrected chi connectivity index (χ1v) is 9.29. The topological polar surface area (TPSA) is 80.3 Å². The van der Waals surface area contributed by atoms with Gasteiger partial charge in [-0.1, -0.05) is 24.3 Å². The normalized spacial score (nSPS) is 13.0. The number of aldehydes is 1. The van der Waals surface area contributed by atoms with E-state index >= 15 is 0 Å². The fourth-order valence-electron chi connectivity index (χ4n) is 2.38. The molecule has 0 aliphatic rings. The third-order valence-electron chi connectivity index (χ3n) is 3.74. The Hall–Kier alpha value is -2.68. The molecule has 0 saturated carbocycles. The number of rotatable bonds is 6. The van der Waals surface area contributed by atoms with Crippen LogP contribution in [0.5, 0.6) is 0 Å². The molecular weight excluding hydrogens is 383 g/mol. The molecule has 1 atom stereocenters. The standard InChI is InChI=1S/C18H16F3NO4S/c1-12(22-17(24)18(19,20)21)10-13-2-6-15(7-3-13)27(25,26)16-8-4-14(11-23)5-9-16/h2-9,11-12H,10H2,1H3,(H,22,24). The highest BCUT2D eigenvalue weighted by molar-refractivity contribution is 7.91. The van der Waals surface area contributed by atoms with Gasteiger partial charge in [-0.25, -0.2) is 8.42 Å². The summed E-state index contributed by atoms with van der Waals surface area (Å²) in [6.45, 7) is 1.42. The first-order valence-electron chi connectivity index (χ1n) is 7.81. The van der Waals surface area contributed by atoms with E-state index in [-0.39, 0.29) is 16.2 Å². The Morgan fingerprint density at radius 3 is 1.96 bits per heavy atom. The van der Waals surface area contributed by atoms with Crippen molar-refractivity contribution in [1.82, 2.24) is 5.32 Å². The number of benzene rings is 2. The van der Waals surface area contributed by atoms with Gasteiger partial charge in [-0.3, -0.25) is 9.59 Å². The molecule has 0 aliphatic carbocycles. The van der Waals surface area contributed by atoms with Gasteiger partial charge < -0.3 is 5.32 Å². The maximum atomic E-state index is 12.6. The van der Waals surface area contributed by atoms with E-state index in [1.807, 2.05) is 5.32 Å². The molecule has 1 N–H and O–H groups in total. The van der Waals surface area contributed by atoms with Gasteiger partial charge >= 0.3 is 12.1 Å². The summed E-state index contributed by atoms with van der Waals surface area (Å²) >= 11 is 0. The number of carbonyl (C=O) groups excluding carboxylic acids is 2. The minimum Gasteiger partial charge on any atom is -0.345 e. The van der Waals surface area contributed by atoms with Crippen LogP contribution < -0.4 is 5.32 Å². The van der Waals surface area contributed by atoms with Crippen LogP contribution in [0.25, 0.3) is 0 Å². The van der Waals surface area contributed by atoms with Crippen molar-refractivity contribution in [2.24, 2.45) is 0 Å². The lowest BCUT2D eigenvalue weighted by Gasteiger charge is -2.15. The van der Waals surface area contributed by atoms with E-state index in [1.165, 1.54) is 55.5 Å². The van der Waals surface area contributed by atoms with E-state index in [0.717, 1.165) is 0 Å². The second kappa shape index (κ2) is 7.91. The van der Waals surface area contributed by atoms with Crippen LogP contribution in [-0.4, -0.2) is 32.8 Å². The Morgan fingerprint density at radius 1 is 1.04 bits per heavy atom. The van der Waals surface area contributed by atoms with Crippen molar-refractivity contribution >= 4 is 22.0 Å².